The summed E-state index contributed by atoms with van der Waals surface area (Å²) in [7, 11) is 0. The number of nitrogens with one attached hydrogen (secondary N) is 1. The fraction of sp³-hybridized carbons (Fsp3) is 0.625. The van der Waals surface area contributed by atoms with Crippen molar-refractivity contribution in [3.8, 4) is 0 Å². The van der Waals surface area contributed by atoms with Gasteiger partial charge in [-0.1, -0.05) is 31.5 Å². The molecular formula is C16H25FN2. The third kappa shape index (κ3) is 3.34. The van der Waals surface area contributed by atoms with Gasteiger partial charge in [-0.2, -0.15) is 0 Å². The van der Waals surface area contributed by atoms with E-state index in [4.69, 9.17) is 5.84 Å². The van der Waals surface area contributed by atoms with Gasteiger partial charge in [0.05, 0.1) is 6.04 Å². The van der Waals surface area contributed by atoms with E-state index in [1.54, 1.807) is 12.1 Å². The Kier molecular flexibility index (Phi) is 4.26. The lowest BCUT2D eigenvalue weighted by molar-refractivity contribution is 0.160. The van der Waals surface area contributed by atoms with Crippen LogP contribution in [0, 0.1) is 24.1 Å². The maximum Gasteiger partial charge on any atom is 0.128 e. The normalized spacial score (nSPS) is 21.3. The van der Waals surface area contributed by atoms with Crippen LogP contribution in [0.3, 0.4) is 0 Å². The Hall–Kier alpha value is -0.930. The standard InChI is InChI=1S/C16H25FN2/c1-11-4-5-14(17)13(10-11)15(19-18)12-6-8-16(2,3)9-7-12/h4-5,10,12,15,19H,6-9,18H2,1-3H3. The van der Waals surface area contributed by atoms with Gasteiger partial charge < -0.3 is 0 Å². The van der Waals surface area contributed by atoms with Gasteiger partial charge in [0.1, 0.15) is 5.82 Å². The topological polar surface area (TPSA) is 38.0 Å². The molecule has 1 aromatic carbocycles. The van der Waals surface area contributed by atoms with E-state index in [-0.39, 0.29) is 11.9 Å². The number of rotatable bonds is 3. The van der Waals surface area contributed by atoms with Crippen LogP contribution in [0.25, 0.3) is 0 Å². The highest BCUT2D eigenvalue weighted by atomic mass is 19.1. The van der Waals surface area contributed by atoms with Crippen LogP contribution in [0.15, 0.2) is 18.2 Å². The molecule has 0 spiro atoms. The van der Waals surface area contributed by atoms with Gasteiger partial charge in [-0.3, -0.25) is 11.3 Å². The molecule has 106 valence electrons. The zero-order valence-corrected chi connectivity index (χ0v) is 12.2. The third-order valence-electron chi connectivity index (χ3n) is 4.52. The van der Waals surface area contributed by atoms with E-state index in [2.05, 4.69) is 19.3 Å². The Morgan fingerprint density at radius 1 is 1.32 bits per heavy atom. The predicted octanol–water partition coefficient (Wildman–Crippen LogP) is 3.85. The lowest BCUT2D eigenvalue weighted by Crippen LogP contribution is -2.37. The van der Waals surface area contributed by atoms with E-state index in [1.807, 2.05) is 13.0 Å². The zero-order valence-electron chi connectivity index (χ0n) is 12.2. The molecular weight excluding hydrogens is 239 g/mol. The van der Waals surface area contributed by atoms with Gasteiger partial charge in [-0.15, -0.1) is 0 Å². The van der Waals surface area contributed by atoms with Crippen molar-refractivity contribution in [2.45, 2.75) is 52.5 Å². The van der Waals surface area contributed by atoms with Crippen LogP contribution in [0.5, 0.6) is 0 Å². The summed E-state index contributed by atoms with van der Waals surface area (Å²) in [5.74, 6) is 5.98. The number of nitrogens with two attached hydrogens (primary N) is 1. The molecule has 19 heavy (non-hydrogen) atoms. The summed E-state index contributed by atoms with van der Waals surface area (Å²) < 4.78 is 14.0. The van der Waals surface area contributed by atoms with Gasteiger partial charge in [0.2, 0.25) is 0 Å². The number of hydrazine groups is 1. The van der Waals surface area contributed by atoms with Crippen LogP contribution < -0.4 is 11.3 Å². The van der Waals surface area contributed by atoms with E-state index in [1.165, 1.54) is 12.8 Å². The van der Waals surface area contributed by atoms with E-state index >= 15 is 0 Å². The Morgan fingerprint density at radius 3 is 2.53 bits per heavy atom. The Balaban J connectivity index is 2.18. The maximum atomic E-state index is 14.0. The molecule has 2 rings (SSSR count). The van der Waals surface area contributed by atoms with Gasteiger partial charge in [0, 0.05) is 5.56 Å². The first-order valence-electron chi connectivity index (χ1n) is 7.15. The van der Waals surface area contributed by atoms with Crippen LogP contribution in [0.4, 0.5) is 4.39 Å². The van der Waals surface area contributed by atoms with Crippen molar-refractivity contribution in [2.75, 3.05) is 0 Å². The monoisotopic (exact) mass is 264 g/mol. The van der Waals surface area contributed by atoms with E-state index in [0.717, 1.165) is 18.4 Å². The Bertz CT molecular complexity index is 432. The minimum Gasteiger partial charge on any atom is -0.271 e. The summed E-state index contributed by atoms with van der Waals surface area (Å²) in [5.41, 5.74) is 5.05. The van der Waals surface area contributed by atoms with Crippen LogP contribution >= 0.6 is 0 Å². The molecule has 3 heteroatoms. The first kappa shape index (κ1) is 14.5. The van der Waals surface area contributed by atoms with Crippen molar-refractivity contribution in [2.24, 2.45) is 17.2 Å². The number of aryl methyl sites for hydroxylation is 1. The molecule has 0 amide bonds. The molecule has 0 radical (unpaired) electrons. The first-order valence-corrected chi connectivity index (χ1v) is 7.15. The molecule has 1 aromatic rings. The molecule has 1 aliphatic rings. The van der Waals surface area contributed by atoms with Crippen LogP contribution in [-0.4, -0.2) is 0 Å². The molecule has 1 fully saturated rings. The molecule has 0 aromatic heterocycles. The van der Waals surface area contributed by atoms with E-state index in [0.29, 0.717) is 16.9 Å². The highest BCUT2D eigenvalue weighted by Gasteiger charge is 2.32. The molecule has 0 heterocycles. The lowest BCUT2D eigenvalue weighted by Gasteiger charge is -2.38. The number of halogens is 1. The van der Waals surface area contributed by atoms with Crippen LogP contribution in [0.2, 0.25) is 0 Å². The molecule has 0 saturated heterocycles. The Labute approximate surface area is 115 Å². The fourth-order valence-electron chi connectivity index (χ4n) is 3.14. The van der Waals surface area contributed by atoms with Crippen molar-refractivity contribution in [1.29, 1.82) is 0 Å². The highest BCUT2D eigenvalue weighted by molar-refractivity contribution is 5.27. The number of benzene rings is 1. The molecule has 1 atom stereocenters. The van der Waals surface area contributed by atoms with Crippen molar-refractivity contribution < 1.29 is 4.39 Å². The number of hydrogen-bond donors (Lipinski definition) is 2. The van der Waals surface area contributed by atoms with Crippen molar-refractivity contribution in [1.82, 2.24) is 5.43 Å². The average Bonchev–Trinajstić information content (AvgIpc) is 2.36. The van der Waals surface area contributed by atoms with Crippen LogP contribution in [0.1, 0.15) is 56.7 Å². The average molecular weight is 264 g/mol. The van der Waals surface area contributed by atoms with Crippen molar-refractivity contribution in [3.63, 3.8) is 0 Å². The Morgan fingerprint density at radius 2 is 1.95 bits per heavy atom. The molecule has 0 bridgehead atoms. The summed E-state index contributed by atoms with van der Waals surface area (Å²) in [5, 5.41) is 0. The predicted molar refractivity (Wildman–Crippen MR) is 76.9 cm³/mol. The minimum absolute atomic E-state index is 0.0731. The van der Waals surface area contributed by atoms with Crippen molar-refractivity contribution >= 4 is 0 Å². The SMILES string of the molecule is Cc1ccc(F)c(C(NN)C2CCC(C)(C)CC2)c1. The molecule has 1 aliphatic carbocycles. The lowest BCUT2D eigenvalue weighted by atomic mass is 9.70. The molecule has 1 saturated carbocycles. The molecule has 1 unspecified atom stereocenters. The summed E-state index contributed by atoms with van der Waals surface area (Å²) in [4.78, 5) is 0. The van der Waals surface area contributed by atoms with Crippen molar-refractivity contribution in [3.05, 3.63) is 35.1 Å². The van der Waals surface area contributed by atoms with E-state index in [9.17, 15) is 4.39 Å². The smallest absolute Gasteiger partial charge is 0.128 e. The van der Waals surface area contributed by atoms with Gasteiger partial charge in [0.25, 0.3) is 0 Å². The second-order valence-corrected chi connectivity index (χ2v) is 6.67. The zero-order chi connectivity index (χ0) is 14.0. The third-order valence-corrected chi connectivity index (χ3v) is 4.52. The minimum atomic E-state index is -0.154. The number of hydrogen-bond acceptors (Lipinski definition) is 2. The maximum absolute atomic E-state index is 14.0. The molecule has 3 N–H and O–H groups in total. The summed E-state index contributed by atoms with van der Waals surface area (Å²) >= 11 is 0. The van der Waals surface area contributed by atoms with E-state index < -0.39 is 0 Å². The highest BCUT2D eigenvalue weighted by Crippen LogP contribution is 2.42. The summed E-state index contributed by atoms with van der Waals surface area (Å²) in [6, 6.07) is 5.19. The van der Waals surface area contributed by atoms with Gasteiger partial charge in [0.15, 0.2) is 0 Å². The largest absolute Gasteiger partial charge is 0.271 e. The second-order valence-electron chi connectivity index (χ2n) is 6.67. The van der Waals surface area contributed by atoms with Gasteiger partial charge in [-0.25, -0.2) is 4.39 Å². The fourth-order valence-corrected chi connectivity index (χ4v) is 3.14. The summed E-state index contributed by atoms with van der Waals surface area (Å²) in [6.45, 7) is 6.60. The van der Waals surface area contributed by atoms with Gasteiger partial charge >= 0.3 is 0 Å². The van der Waals surface area contributed by atoms with Gasteiger partial charge in [-0.05, 0) is 50.0 Å². The second kappa shape index (κ2) is 5.59. The molecule has 2 nitrogen and oxygen atoms in total. The summed E-state index contributed by atoms with van der Waals surface area (Å²) in [6.07, 6.45) is 4.58. The molecule has 0 aliphatic heterocycles. The first-order chi connectivity index (χ1) is 8.93. The van der Waals surface area contributed by atoms with Crippen LogP contribution in [-0.2, 0) is 0 Å². The quantitative estimate of drug-likeness (QED) is 0.642.